The molecule has 2 aromatic heterocycles. The number of aromatic nitrogens is 5. The summed E-state index contributed by atoms with van der Waals surface area (Å²) in [4.78, 5) is 39.0. The molecule has 0 radical (unpaired) electrons. The fourth-order valence-corrected chi connectivity index (χ4v) is 4.81. The highest BCUT2D eigenvalue weighted by atomic mass is 19.1. The van der Waals surface area contributed by atoms with Gasteiger partial charge in [0, 0.05) is 13.0 Å². The van der Waals surface area contributed by atoms with E-state index in [1.807, 2.05) is 0 Å². The van der Waals surface area contributed by atoms with Crippen LogP contribution in [0, 0.1) is 23.7 Å². The molecule has 1 aliphatic heterocycles. The number of Topliss-reactive ketones (excluding diaryl/α,β-unsaturated/α-hetero) is 1. The van der Waals surface area contributed by atoms with Gasteiger partial charge in [-0.1, -0.05) is 6.92 Å². The zero-order valence-electron chi connectivity index (χ0n) is 19.3. The van der Waals surface area contributed by atoms with E-state index in [1.165, 1.54) is 34.6 Å². The van der Waals surface area contributed by atoms with Gasteiger partial charge in [-0.25, -0.2) is 28.8 Å². The van der Waals surface area contributed by atoms with Crippen LogP contribution in [0.15, 0.2) is 25.0 Å². The van der Waals surface area contributed by atoms with Crippen molar-refractivity contribution >= 4 is 11.9 Å². The van der Waals surface area contributed by atoms with Gasteiger partial charge >= 0.3 is 6.09 Å². The van der Waals surface area contributed by atoms with Crippen molar-refractivity contribution in [2.24, 2.45) is 23.7 Å². The number of alkyl halides is 1. The Kier molecular flexibility index (Phi) is 6.99. The number of rotatable bonds is 8. The Morgan fingerprint density at radius 3 is 2.55 bits per heavy atom. The zero-order chi connectivity index (χ0) is 23.5. The van der Waals surface area contributed by atoms with Gasteiger partial charge in [0.05, 0.1) is 25.0 Å². The van der Waals surface area contributed by atoms with Gasteiger partial charge in [-0.05, 0) is 56.8 Å². The largest absolute Gasteiger partial charge is 0.447 e. The number of amides is 1. The summed E-state index contributed by atoms with van der Waals surface area (Å²) in [5, 5.41) is 4.00. The number of piperidine rings is 1. The lowest BCUT2D eigenvalue weighted by Crippen LogP contribution is -2.48. The van der Waals surface area contributed by atoms with Gasteiger partial charge < -0.3 is 9.64 Å². The molecule has 1 aliphatic carbocycles. The SMILES string of the molecule is CC(C)OC(=O)N1CCC(C(C)C(CC(=O)c2cnc(-n3cncn3)cn2)C2CC2)C(F)C1. The molecule has 0 N–H and O–H groups in total. The number of hydrogen-bond acceptors (Lipinski definition) is 7. The highest BCUT2D eigenvalue weighted by molar-refractivity contribution is 5.94. The molecule has 2 aromatic rings. The third-order valence-electron chi connectivity index (χ3n) is 6.76. The van der Waals surface area contributed by atoms with E-state index in [4.69, 9.17) is 4.74 Å². The lowest BCUT2D eigenvalue weighted by molar-refractivity contribution is 0.0174. The van der Waals surface area contributed by atoms with Crippen molar-refractivity contribution in [2.45, 2.75) is 58.7 Å². The number of carbonyl (C=O) groups is 2. The Bertz CT molecular complexity index is 948. The second kappa shape index (κ2) is 9.93. The van der Waals surface area contributed by atoms with E-state index in [0.29, 0.717) is 36.8 Å². The van der Waals surface area contributed by atoms with E-state index in [1.54, 1.807) is 13.8 Å². The molecule has 1 saturated heterocycles. The fraction of sp³-hybridized carbons (Fsp3) is 0.652. The first-order valence-electron chi connectivity index (χ1n) is 11.6. The Hall–Kier alpha value is -2.91. The van der Waals surface area contributed by atoms with Crippen molar-refractivity contribution in [3.8, 4) is 5.82 Å². The summed E-state index contributed by atoms with van der Waals surface area (Å²) in [6.45, 7) is 6.13. The molecule has 0 bridgehead atoms. The molecule has 2 aliphatic rings. The van der Waals surface area contributed by atoms with Gasteiger partial charge in [-0.2, -0.15) is 5.10 Å². The summed E-state index contributed by atoms with van der Waals surface area (Å²) in [6.07, 6.45) is 7.08. The monoisotopic (exact) mass is 458 g/mol. The number of hydrogen-bond donors (Lipinski definition) is 0. The van der Waals surface area contributed by atoms with Crippen molar-refractivity contribution < 1.29 is 18.7 Å². The Balaban J connectivity index is 1.38. The molecule has 33 heavy (non-hydrogen) atoms. The van der Waals surface area contributed by atoms with Crippen LogP contribution in [0.5, 0.6) is 0 Å². The number of carbonyl (C=O) groups excluding carboxylic acids is 2. The summed E-state index contributed by atoms with van der Waals surface area (Å²) in [5.74, 6) is 0.771. The molecule has 1 amide bonds. The molecule has 0 spiro atoms. The quantitative estimate of drug-likeness (QED) is 0.558. The standard InChI is InChI=1S/C23H31FN6O3/c1-14(2)33-23(32)29-7-6-17(19(24)11-29)15(3)18(16-4-5-16)8-21(31)20-9-27-22(10-26-20)30-13-25-12-28-30/h9-10,12-19H,4-8,11H2,1-3H3. The molecular formula is C23H31FN6O3. The average Bonchev–Trinajstić information content (AvgIpc) is 3.49. The third kappa shape index (κ3) is 5.54. The maximum atomic E-state index is 15.2. The minimum absolute atomic E-state index is 0.0297. The van der Waals surface area contributed by atoms with Crippen molar-refractivity contribution in [1.82, 2.24) is 29.6 Å². The van der Waals surface area contributed by atoms with Crippen LogP contribution in [-0.4, -0.2) is 66.9 Å². The third-order valence-corrected chi connectivity index (χ3v) is 6.76. The summed E-state index contributed by atoms with van der Waals surface area (Å²) in [5.41, 5.74) is 0.305. The van der Waals surface area contributed by atoms with E-state index < -0.39 is 12.3 Å². The van der Waals surface area contributed by atoms with Gasteiger partial charge in [0.15, 0.2) is 11.6 Å². The maximum absolute atomic E-state index is 15.2. The summed E-state index contributed by atoms with van der Waals surface area (Å²) < 4.78 is 21.8. The van der Waals surface area contributed by atoms with Gasteiger partial charge in [-0.3, -0.25) is 4.79 Å². The van der Waals surface area contributed by atoms with Crippen LogP contribution in [0.25, 0.3) is 5.82 Å². The predicted molar refractivity (Wildman–Crippen MR) is 117 cm³/mol. The minimum atomic E-state index is -1.13. The molecule has 10 heteroatoms. The normalized spacial score (nSPS) is 22.8. The number of halogens is 1. The summed E-state index contributed by atoms with van der Waals surface area (Å²) in [7, 11) is 0. The van der Waals surface area contributed by atoms with E-state index in [2.05, 4.69) is 27.0 Å². The molecule has 4 rings (SSSR count). The Morgan fingerprint density at radius 1 is 1.18 bits per heavy atom. The molecule has 2 fully saturated rings. The van der Waals surface area contributed by atoms with Crippen LogP contribution in [0.2, 0.25) is 0 Å². The van der Waals surface area contributed by atoms with Crippen LogP contribution in [0.3, 0.4) is 0 Å². The number of likely N-dealkylation sites (tertiary alicyclic amines) is 1. The zero-order valence-corrected chi connectivity index (χ0v) is 19.3. The van der Waals surface area contributed by atoms with Crippen LogP contribution in [-0.2, 0) is 4.74 Å². The molecule has 1 saturated carbocycles. The van der Waals surface area contributed by atoms with E-state index in [0.717, 1.165) is 12.8 Å². The second-order valence-electron chi connectivity index (χ2n) is 9.43. The van der Waals surface area contributed by atoms with Gasteiger partial charge in [0.1, 0.15) is 24.5 Å². The Labute approximate surface area is 192 Å². The van der Waals surface area contributed by atoms with Crippen molar-refractivity contribution in [3.63, 3.8) is 0 Å². The highest BCUT2D eigenvalue weighted by Crippen LogP contribution is 2.46. The summed E-state index contributed by atoms with van der Waals surface area (Å²) in [6, 6.07) is 0. The molecule has 9 nitrogen and oxygen atoms in total. The fourth-order valence-electron chi connectivity index (χ4n) is 4.81. The topological polar surface area (TPSA) is 103 Å². The smallest absolute Gasteiger partial charge is 0.410 e. The molecule has 4 atom stereocenters. The number of nitrogens with zero attached hydrogens (tertiary/aromatic N) is 6. The van der Waals surface area contributed by atoms with Gasteiger partial charge in [-0.15, -0.1) is 0 Å². The van der Waals surface area contributed by atoms with Crippen molar-refractivity contribution in [1.29, 1.82) is 0 Å². The van der Waals surface area contributed by atoms with E-state index in [-0.39, 0.29) is 36.2 Å². The molecule has 0 aromatic carbocycles. The molecule has 4 unspecified atom stereocenters. The lowest BCUT2D eigenvalue weighted by Gasteiger charge is -2.39. The second-order valence-corrected chi connectivity index (χ2v) is 9.43. The first-order valence-corrected chi connectivity index (χ1v) is 11.6. The number of ether oxygens (including phenoxy) is 1. The highest BCUT2D eigenvalue weighted by Gasteiger charge is 2.43. The maximum Gasteiger partial charge on any atom is 0.410 e. The van der Waals surface area contributed by atoms with Crippen LogP contribution in [0.4, 0.5) is 9.18 Å². The predicted octanol–water partition coefficient (Wildman–Crippen LogP) is 3.50. The summed E-state index contributed by atoms with van der Waals surface area (Å²) >= 11 is 0. The lowest BCUT2D eigenvalue weighted by atomic mass is 9.73. The molecular weight excluding hydrogens is 427 g/mol. The molecule has 3 heterocycles. The van der Waals surface area contributed by atoms with Gasteiger partial charge in [0.2, 0.25) is 0 Å². The van der Waals surface area contributed by atoms with Gasteiger partial charge in [0.25, 0.3) is 0 Å². The minimum Gasteiger partial charge on any atom is -0.447 e. The average molecular weight is 459 g/mol. The first kappa shape index (κ1) is 23.3. The van der Waals surface area contributed by atoms with Crippen molar-refractivity contribution in [2.75, 3.05) is 13.1 Å². The van der Waals surface area contributed by atoms with Crippen LogP contribution >= 0.6 is 0 Å². The van der Waals surface area contributed by atoms with E-state index in [9.17, 15) is 9.59 Å². The van der Waals surface area contributed by atoms with Crippen molar-refractivity contribution in [3.05, 3.63) is 30.7 Å². The molecule has 178 valence electrons. The Morgan fingerprint density at radius 2 is 1.97 bits per heavy atom. The van der Waals surface area contributed by atoms with Crippen LogP contribution < -0.4 is 0 Å². The van der Waals surface area contributed by atoms with E-state index >= 15 is 4.39 Å². The first-order chi connectivity index (χ1) is 15.8. The number of ketones is 1. The van der Waals surface area contributed by atoms with Crippen LogP contribution in [0.1, 0.15) is 56.9 Å².